The molecule has 26 nitrogen and oxygen atoms in total. The van der Waals surface area contributed by atoms with E-state index >= 15 is 0 Å². The predicted octanol–water partition coefficient (Wildman–Crippen LogP) is 22.2. The minimum Gasteiger partial charge on any atom is -0.465 e. The molecule has 35 heteroatoms. The second-order valence-corrected chi connectivity index (χ2v) is 68.2. The highest BCUT2D eigenvalue weighted by Gasteiger charge is 2.46. The molecule has 12 N–H and O–H groups in total. The van der Waals surface area contributed by atoms with Crippen molar-refractivity contribution in [1.82, 2.24) is 49.8 Å². The first kappa shape index (κ1) is 111. The number of aromatic nitrogens is 10. The van der Waals surface area contributed by atoms with E-state index in [1.807, 2.05) is 24.8 Å². The van der Waals surface area contributed by atoms with Crippen molar-refractivity contribution in [2.24, 2.45) is 0 Å². The number of hydrogen-bond acceptors (Lipinski definition) is 26. The number of rotatable bonds is 19. The number of esters is 2. The Labute approximate surface area is 794 Å². The van der Waals surface area contributed by atoms with Gasteiger partial charge in [0.15, 0.2) is 47.4 Å². The van der Waals surface area contributed by atoms with Gasteiger partial charge in [0.2, 0.25) is 0 Å². The fraction of sp³-hybridized carbons (Fsp3) is 0.646. The van der Waals surface area contributed by atoms with E-state index in [4.69, 9.17) is 65.8 Å². The molecule has 5 aromatic heterocycles. The maximum Gasteiger partial charge on any atom is 0.488 e. The molecule has 5 aliphatic rings. The third kappa shape index (κ3) is 32.6. The summed E-state index contributed by atoms with van der Waals surface area (Å²) in [5.41, 5.74) is 34.3. The van der Waals surface area contributed by atoms with Crippen molar-refractivity contribution in [2.45, 2.75) is 383 Å². The molecule has 5 heterocycles. The van der Waals surface area contributed by atoms with Gasteiger partial charge in [-0.3, -0.25) is 15.0 Å². The molecule has 7 aromatic rings. The van der Waals surface area contributed by atoms with E-state index in [-0.39, 0.29) is 59.6 Å². The second-order valence-electron chi connectivity index (χ2n) is 43.7. The lowest BCUT2D eigenvalue weighted by Gasteiger charge is -2.41. The number of nitrogens with two attached hydrogens (primary N) is 5. The van der Waals surface area contributed by atoms with Crippen molar-refractivity contribution in [2.75, 3.05) is 42.9 Å². The van der Waals surface area contributed by atoms with Crippen molar-refractivity contribution >= 4 is 111 Å². The van der Waals surface area contributed by atoms with Crippen LogP contribution in [-0.4, -0.2) is 165 Å². The molecule has 0 aliphatic heterocycles. The molecule has 10 unspecified atom stereocenters. The Morgan fingerprint density at radius 2 is 0.641 bits per heavy atom. The Balaban J connectivity index is 0.000000218. The van der Waals surface area contributed by atoms with Gasteiger partial charge >= 0.3 is 19.1 Å². The van der Waals surface area contributed by atoms with Gasteiger partial charge in [0, 0.05) is 65.7 Å². The average molecular weight is 1970 g/mol. The van der Waals surface area contributed by atoms with Crippen LogP contribution in [0.5, 0.6) is 0 Å². The van der Waals surface area contributed by atoms with Crippen LogP contribution in [0.4, 0.5) is 37.9 Å². The van der Waals surface area contributed by atoms with Gasteiger partial charge in [-0.15, -0.1) is 0 Å². The normalized spacial score (nSPS) is 21.3. The monoisotopic (exact) mass is 1960 g/mol. The van der Waals surface area contributed by atoms with Crippen LogP contribution in [0.2, 0.25) is 90.7 Å². The van der Waals surface area contributed by atoms with Gasteiger partial charge in [0.1, 0.15) is 45.2 Å². The van der Waals surface area contributed by atoms with Crippen LogP contribution in [0, 0.1) is 11.6 Å². The van der Waals surface area contributed by atoms with Gasteiger partial charge in [-0.05, 0) is 233 Å². The molecule has 0 spiro atoms. The highest BCUT2D eigenvalue weighted by Crippen LogP contribution is 2.48. The van der Waals surface area contributed by atoms with Gasteiger partial charge in [0.05, 0.1) is 103 Å². The molecule has 2 aromatic carbocycles. The summed E-state index contributed by atoms with van der Waals surface area (Å²) in [6.07, 6.45) is 38.0. The van der Waals surface area contributed by atoms with E-state index in [2.05, 4.69) is 240 Å². The Morgan fingerprint density at radius 1 is 0.374 bits per heavy atom. The van der Waals surface area contributed by atoms with E-state index in [9.17, 15) is 18.4 Å². The molecule has 5 aliphatic carbocycles. The molecule has 0 bridgehead atoms. The quantitative estimate of drug-likeness (QED) is 0.0292. The molecule has 0 saturated heterocycles. The minimum atomic E-state index is -1.86. The maximum atomic E-state index is 14.5. The van der Waals surface area contributed by atoms with Gasteiger partial charge in [-0.25, -0.2) is 53.3 Å². The molecule has 131 heavy (non-hydrogen) atoms. The number of carbonyl (C=O) groups is 2. The van der Waals surface area contributed by atoms with E-state index < -0.39 is 72.3 Å². The first-order valence-corrected chi connectivity index (χ1v) is 62.1. The topological polar surface area (TPSA) is 398 Å². The Bertz CT molecular complexity index is 4580. The largest absolute Gasteiger partial charge is 0.488 e. The third-order valence-electron chi connectivity index (χ3n) is 28.6. The number of halogens is 3. The fourth-order valence-corrected chi connectivity index (χ4v) is 22.9. The van der Waals surface area contributed by atoms with Gasteiger partial charge < -0.3 is 70.3 Å². The van der Waals surface area contributed by atoms with Crippen LogP contribution in [-0.2, 0) is 31.6 Å². The number of hydrogen-bond donors (Lipinski definition) is 7. The van der Waals surface area contributed by atoms with Crippen molar-refractivity contribution in [1.29, 1.82) is 0 Å². The summed E-state index contributed by atoms with van der Waals surface area (Å²) < 4.78 is 70.2. The number of nitrogens with zero attached hydrogens (tertiary/aromatic N) is 10. The summed E-state index contributed by atoms with van der Waals surface area (Å²) in [7, 11) is -8.03. The highest BCUT2D eigenvalue weighted by atomic mass is 79.9. The first-order valence-electron chi connectivity index (χ1n) is 46.8. The van der Waals surface area contributed by atoms with E-state index in [0.717, 1.165) is 112 Å². The van der Waals surface area contributed by atoms with Gasteiger partial charge in [-0.1, -0.05) is 148 Å². The number of ether oxygens (including phenoxy) is 2. The molecule has 726 valence electrons. The van der Waals surface area contributed by atoms with Crippen LogP contribution in [0.1, 0.15) is 311 Å². The zero-order chi connectivity index (χ0) is 98.0. The predicted molar refractivity (Wildman–Crippen MR) is 541 cm³/mol. The van der Waals surface area contributed by atoms with E-state index in [1.54, 1.807) is 30.9 Å². The molecular weight excluding hydrogens is 1810 g/mol. The van der Waals surface area contributed by atoms with Crippen LogP contribution < -0.4 is 34.1 Å². The fourth-order valence-electron chi connectivity index (χ4n) is 15.6. The molecule has 5 saturated carbocycles. The molecule has 12 rings (SSSR count). The summed E-state index contributed by atoms with van der Waals surface area (Å²) in [5, 5.41) is 18.6. The van der Waals surface area contributed by atoms with E-state index in [1.165, 1.54) is 89.5 Å². The standard InChI is InChI=1S/C24H34FN3O3Si.C16H28BrN3OSi.3C16H29N3OSi.C8H8BFO4/c1-24(2,3)32(5,6)31-17-9-7-8-15(12-17)20-14-27-22(26)21(28-20)16-10-11-18(19(25)13-16)23(29)30-4;1-16(2,3)22(4,5)21-12-8-6-7-11(9-12)13-10-19-15(18)14(17)20-13;3*1-16(2,3)21(4,5)20-13-8-6-7-12(9-13)14-10-19-15(17)11-18-14;1-14-8(11)6-3-2-5(9(12)13)4-7(6)10/h10-11,13-15,17H,7-9,12H2,1-6H3,(H2,26,27);10-12H,6-9H2,1-5H3,(H2,18,19);3*10-13H,6-9H2,1-5H3,(H2,17,19);2-4,12-13H,1H3. The summed E-state index contributed by atoms with van der Waals surface area (Å²) in [6, 6.07) is 7.49. The maximum absolute atomic E-state index is 14.5. The SMILES string of the molecule is CC(C)(C)[Si](C)(C)OC1CCCC(c2cnc(N)c(Br)n2)C1.CC(C)(C)[Si](C)(C)OC1CCCC(c2cnc(N)cn2)C1.CC(C)(C)[Si](C)(C)OC1CCCC(c2cnc(N)cn2)C1.CC(C)(C)[Si](C)(C)OC1CCCC(c2cnc(N)cn2)C1.COC(=O)c1ccc(-c2nc(C3CCCC(O[Si](C)(C)C(C)(C)C)C3)cnc2N)cc1F.COC(=O)c1ccc(B(O)O)cc1F. The zero-order valence-corrected chi connectivity index (χ0v) is 90.2. The second kappa shape index (κ2) is 47.2. The molecule has 5 fully saturated rings. The van der Waals surface area contributed by atoms with Crippen molar-refractivity contribution in [3.63, 3.8) is 0 Å². The van der Waals surface area contributed by atoms with E-state index in [0.29, 0.717) is 87.2 Å². The van der Waals surface area contributed by atoms with Crippen LogP contribution in [0.25, 0.3) is 11.3 Å². The smallest absolute Gasteiger partial charge is 0.465 e. The summed E-state index contributed by atoms with van der Waals surface area (Å²) in [5.74, 6) is 1.11. The van der Waals surface area contributed by atoms with Crippen molar-refractivity contribution in [3.05, 3.63) is 142 Å². The summed E-state index contributed by atoms with van der Waals surface area (Å²) in [4.78, 5) is 66.4. The molecule has 10 atom stereocenters. The average Bonchev–Trinajstić information content (AvgIpc) is 0.749. The molecular formula is C96H157BBrF2N15O11Si5. The number of carbonyl (C=O) groups excluding carboxylic acids is 2. The Kier molecular flexibility index (Phi) is 40.0. The number of anilines is 5. The highest BCUT2D eigenvalue weighted by molar-refractivity contribution is 9.10. The summed E-state index contributed by atoms with van der Waals surface area (Å²) in [6.45, 7) is 57.5. The van der Waals surface area contributed by atoms with Crippen molar-refractivity contribution < 1.29 is 60.0 Å². The summed E-state index contributed by atoms with van der Waals surface area (Å²) >= 11 is 3.38. The lowest BCUT2D eigenvalue weighted by molar-refractivity contribution is 0.0586. The first-order chi connectivity index (χ1) is 60.6. The lowest BCUT2D eigenvalue weighted by Crippen LogP contribution is -2.44. The number of nitrogen functional groups attached to an aromatic ring is 5. The minimum absolute atomic E-state index is 0.0184. The molecule has 0 radical (unpaired) electrons. The Hall–Kier alpha value is -7.01. The van der Waals surface area contributed by atoms with Crippen LogP contribution >= 0.6 is 15.9 Å². The third-order valence-corrected chi connectivity index (χ3v) is 51.8. The van der Waals surface area contributed by atoms with Crippen LogP contribution in [0.15, 0.2) is 90.6 Å². The van der Waals surface area contributed by atoms with Crippen molar-refractivity contribution in [3.8, 4) is 11.3 Å². The number of benzene rings is 2. The number of methoxy groups -OCH3 is 2. The van der Waals surface area contributed by atoms with Gasteiger partial charge in [0.25, 0.3) is 0 Å². The lowest BCUT2D eigenvalue weighted by atomic mass is 9.80. The Morgan fingerprint density at radius 3 is 0.893 bits per heavy atom. The van der Waals surface area contributed by atoms with Crippen LogP contribution in [0.3, 0.4) is 0 Å². The molecule has 0 amide bonds. The zero-order valence-electron chi connectivity index (χ0n) is 83.6. The van der Waals surface area contributed by atoms with Gasteiger partial charge in [-0.2, -0.15) is 0 Å².